The second kappa shape index (κ2) is 10.0. The van der Waals surface area contributed by atoms with E-state index in [1.807, 2.05) is 54.6 Å². The molecule has 164 valence electrons. The number of methoxy groups -OCH3 is 1. The summed E-state index contributed by atoms with van der Waals surface area (Å²) in [6.07, 6.45) is 0.900. The molecule has 0 heterocycles. The first-order valence-corrected chi connectivity index (χ1v) is 11.5. The maximum absolute atomic E-state index is 13.2. The molecule has 7 nitrogen and oxygen atoms in total. The lowest BCUT2D eigenvalue weighted by Crippen LogP contribution is -2.46. The van der Waals surface area contributed by atoms with Gasteiger partial charge in [0, 0.05) is 14.0 Å². The fourth-order valence-corrected chi connectivity index (χ4v) is 5.97. The lowest BCUT2D eigenvalue weighted by molar-refractivity contribution is -0.141. The molecule has 4 atom stereocenters. The van der Waals surface area contributed by atoms with Gasteiger partial charge in [-0.1, -0.05) is 59.2 Å². The van der Waals surface area contributed by atoms with Crippen LogP contribution in [0.25, 0.3) is 11.1 Å². The predicted octanol–water partition coefficient (Wildman–Crippen LogP) is 4.98. The lowest BCUT2D eigenvalue weighted by Gasteiger charge is -2.22. The van der Waals surface area contributed by atoms with Crippen molar-refractivity contribution in [2.45, 2.75) is 43.9 Å². The summed E-state index contributed by atoms with van der Waals surface area (Å²) in [6.45, 7) is 1.51. The first-order valence-electron chi connectivity index (χ1n) is 10.2. The van der Waals surface area contributed by atoms with E-state index in [2.05, 4.69) is 5.32 Å². The quantitative estimate of drug-likeness (QED) is 0.440. The third-order valence-corrected chi connectivity index (χ3v) is 8.07. The topological polar surface area (TPSA) is 102 Å². The minimum Gasteiger partial charge on any atom is -0.481 e. The van der Waals surface area contributed by atoms with Crippen molar-refractivity contribution in [1.82, 2.24) is 5.32 Å². The Labute approximate surface area is 182 Å². The maximum Gasteiger partial charge on any atom is 0.413 e. The van der Waals surface area contributed by atoms with Gasteiger partial charge in [0.05, 0.1) is 0 Å². The van der Waals surface area contributed by atoms with Crippen molar-refractivity contribution in [2.24, 2.45) is 5.92 Å². The number of aliphatic carboxylic acids is 1. The SMILES string of the molecule is COC(C)(NC(=O)OCc1ccccc1-c1ccccc1)[P+](=O)[C@@H]1CCC[C@H]1C(=O)O. The van der Waals surface area contributed by atoms with Crippen molar-refractivity contribution in [1.29, 1.82) is 0 Å². The van der Waals surface area contributed by atoms with Crippen molar-refractivity contribution in [3.05, 3.63) is 60.2 Å². The highest BCUT2D eigenvalue weighted by Gasteiger charge is 2.57. The van der Waals surface area contributed by atoms with Crippen molar-refractivity contribution in [2.75, 3.05) is 7.11 Å². The Morgan fingerprint density at radius 2 is 1.81 bits per heavy atom. The molecule has 0 radical (unpaired) electrons. The Morgan fingerprint density at radius 3 is 2.48 bits per heavy atom. The van der Waals surface area contributed by atoms with Crippen molar-refractivity contribution in [3.63, 3.8) is 0 Å². The monoisotopic (exact) mass is 444 g/mol. The minimum absolute atomic E-state index is 0.0225. The van der Waals surface area contributed by atoms with Crippen LogP contribution >= 0.6 is 7.80 Å². The van der Waals surface area contributed by atoms with Gasteiger partial charge in [0.25, 0.3) is 0 Å². The van der Waals surface area contributed by atoms with E-state index in [1.54, 1.807) is 0 Å². The summed E-state index contributed by atoms with van der Waals surface area (Å²) in [5.74, 6) is -1.67. The number of nitrogens with one attached hydrogen (secondary N) is 1. The molecule has 2 N–H and O–H groups in total. The first kappa shape index (κ1) is 22.9. The van der Waals surface area contributed by atoms with Crippen LogP contribution in [-0.2, 0) is 25.4 Å². The number of alkyl carbamates (subject to hydrolysis) is 1. The molecule has 3 rings (SSSR count). The number of carbonyl (C=O) groups is 2. The highest BCUT2D eigenvalue weighted by Crippen LogP contribution is 2.51. The molecule has 1 aliphatic carbocycles. The molecule has 2 aromatic rings. The molecule has 1 fully saturated rings. The van der Waals surface area contributed by atoms with E-state index in [1.165, 1.54) is 14.0 Å². The van der Waals surface area contributed by atoms with Gasteiger partial charge < -0.3 is 14.6 Å². The second-order valence-electron chi connectivity index (χ2n) is 7.68. The summed E-state index contributed by atoms with van der Waals surface area (Å²) in [5, 5.41) is 12.0. The molecule has 1 amide bonds. The van der Waals surface area contributed by atoms with Crippen LogP contribution in [0, 0.1) is 5.92 Å². The third-order valence-electron chi connectivity index (χ3n) is 5.71. The maximum atomic E-state index is 13.2. The van der Waals surface area contributed by atoms with Crippen molar-refractivity contribution >= 4 is 19.9 Å². The number of amides is 1. The van der Waals surface area contributed by atoms with Gasteiger partial charge in [0.15, 0.2) is 5.66 Å². The van der Waals surface area contributed by atoms with Crippen LogP contribution in [0.4, 0.5) is 4.79 Å². The number of carbonyl (C=O) groups excluding carboxylic acids is 1. The van der Waals surface area contributed by atoms with Gasteiger partial charge in [-0.15, -0.1) is 0 Å². The number of carboxylic acid groups (broad SMARTS) is 1. The summed E-state index contributed by atoms with van der Waals surface area (Å²) in [4.78, 5) is 24.0. The fourth-order valence-electron chi connectivity index (χ4n) is 3.94. The zero-order valence-corrected chi connectivity index (χ0v) is 18.5. The van der Waals surface area contributed by atoms with Crippen LogP contribution < -0.4 is 5.32 Å². The van der Waals surface area contributed by atoms with Crippen LogP contribution in [0.15, 0.2) is 54.6 Å². The van der Waals surface area contributed by atoms with Crippen LogP contribution in [0.2, 0.25) is 0 Å². The molecule has 0 bridgehead atoms. The van der Waals surface area contributed by atoms with Gasteiger partial charge in [-0.25, -0.2) is 4.79 Å². The number of hydrogen-bond donors (Lipinski definition) is 2. The van der Waals surface area contributed by atoms with Crippen LogP contribution in [0.5, 0.6) is 0 Å². The molecule has 8 heteroatoms. The third kappa shape index (κ3) is 5.30. The molecule has 0 saturated heterocycles. The van der Waals surface area contributed by atoms with Gasteiger partial charge >= 0.3 is 25.3 Å². The van der Waals surface area contributed by atoms with E-state index >= 15 is 0 Å². The minimum atomic E-state index is -2.20. The molecule has 1 aliphatic rings. The molecule has 2 aromatic carbocycles. The predicted molar refractivity (Wildman–Crippen MR) is 117 cm³/mol. The van der Waals surface area contributed by atoms with Crippen LogP contribution in [0.1, 0.15) is 31.7 Å². The summed E-state index contributed by atoms with van der Waals surface area (Å²) in [5.41, 5.74) is 0.707. The highest BCUT2D eigenvalue weighted by molar-refractivity contribution is 7.47. The number of ether oxygens (including phenoxy) is 2. The van der Waals surface area contributed by atoms with E-state index in [4.69, 9.17) is 9.47 Å². The van der Waals surface area contributed by atoms with Crippen LogP contribution in [0.3, 0.4) is 0 Å². The summed E-state index contributed by atoms with van der Waals surface area (Å²) in [7, 11) is -0.868. The van der Waals surface area contributed by atoms with Gasteiger partial charge in [-0.3, -0.25) is 10.1 Å². The Kier molecular flexibility index (Phi) is 7.42. The van der Waals surface area contributed by atoms with Crippen LogP contribution in [-0.4, -0.2) is 35.4 Å². The average molecular weight is 444 g/mol. The summed E-state index contributed by atoms with van der Waals surface area (Å²) in [6, 6.07) is 17.4. The van der Waals surface area contributed by atoms with Gasteiger partial charge in [-0.2, -0.15) is 0 Å². The van der Waals surface area contributed by atoms with Gasteiger partial charge in [0.2, 0.25) is 0 Å². The Morgan fingerprint density at radius 1 is 1.13 bits per heavy atom. The molecule has 31 heavy (non-hydrogen) atoms. The van der Waals surface area contributed by atoms with Crippen molar-refractivity contribution in [3.8, 4) is 11.1 Å². The second-order valence-corrected chi connectivity index (χ2v) is 9.85. The Balaban J connectivity index is 1.67. The molecule has 0 spiro atoms. The largest absolute Gasteiger partial charge is 0.481 e. The molecular formula is C23H27NO6P+. The lowest BCUT2D eigenvalue weighted by atomic mass is 10.0. The van der Waals surface area contributed by atoms with Crippen molar-refractivity contribution < 1.29 is 28.7 Å². The zero-order valence-electron chi connectivity index (χ0n) is 17.6. The number of rotatable bonds is 8. The number of carboxylic acids is 1. The normalized spacial score (nSPS) is 20.5. The smallest absolute Gasteiger partial charge is 0.413 e. The standard InChI is InChI=1S/C23H26NO6P/c1-23(29-2,31(28)20-14-8-13-19(20)21(25)26)24-22(27)30-15-17-11-6-7-12-18(17)16-9-4-3-5-10-16/h3-7,9-12,19-20H,8,13-15H2,1-2H3,(H-,24,25,26,27)/p+1/t19-,20-,23?/m1/s1. The fraction of sp³-hybridized carbons (Fsp3) is 0.391. The Bertz CT molecular complexity index is 950. The summed E-state index contributed by atoms with van der Waals surface area (Å²) >= 11 is 0. The number of hydrogen-bond acceptors (Lipinski definition) is 5. The van der Waals surface area contributed by atoms with E-state index in [0.29, 0.717) is 19.3 Å². The van der Waals surface area contributed by atoms with E-state index in [0.717, 1.165) is 16.7 Å². The van der Waals surface area contributed by atoms with E-state index in [-0.39, 0.29) is 6.61 Å². The molecule has 2 unspecified atom stereocenters. The van der Waals surface area contributed by atoms with Gasteiger partial charge in [0.1, 0.15) is 12.5 Å². The molecule has 0 aromatic heterocycles. The highest BCUT2D eigenvalue weighted by atomic mass is 31.1. The Hall–Kier alpha value is -2.76. The molecular weight excluding hydrogens is 417 g/mol. The van der Waals surface area contributed by atoms with E-state index in [9.17, 15) is 19.3 Å². The average Bonchev–Trinajstić information content (AvgIpc) is 3.28. The van der Waals surface area contributed by atoms with Gasteiger partial charge in [-0.05, 0) is 36.0 Å². The van der Waals surface area contributed by atoms with E-state index < -0.39 is 36.9 Å². The molecule has 1 saturated carbocycles. The zero-order chi connectivity index (χ0) is 22.4. The number of benzene rings is 2. The first-order chi connectivity index (χ1) is 14.9. The molecule has 0 aliphatic heterocycles. The summed E-state index contributed by atoms with van der Waals surface area (Å²) < 4.78 is 23.9.